The maximum absolute atomic E-state index is 5.87. The van der Waals surface area contributed by atoms with Crippen LogP contribution < -0.4 is 0 Å². The maximum Gasteiger partial charge on any atom is 0.434 e. The lowest BCUT2D eigenvalue weighted by atomic mass is 9.98. The van der Waals surface area contributed by atoms with Gasteiger partial charge < -0.3 is 9.39 Å². The van der Waals surface area contributed by atoms with Crippen LogP contribution >= 0.6 is 34.0 Å². The van der Waals surface area contributed by atoms with E-state index in [1.54, 1.807) is 7.11 Å². The molecule has 2 nitrogen and oxygen atoms in total. The fourth-order valence-electron chi connectivity index (χ4n) is 1.93. The molecular weight excluding hydrogens is 334 g/mol. The quantitative estimate of drug-likeness (QED) is 0.373. The van der Waals surface area contributed by atoms with Gasteiger partial charge in [0.15, 0.2) is 0 Å². The summed E-state index contributed by atoms with van der Waals surface area (Å²) in [5.74, 6) is 1.18. The predicted octanol–water partition coefficient (Wildman–Crippen LogP) is 3.92. The van der Waals surface area contributed by atoms with E-state index < -0.39 is 0 Å². The third-order valence-electron chi connectivity index (χ3n) is 2.88. The van der Waals surface area contributed by atoms with E-state index in [1.807, 2.05) is 11.6 Å². The van der Waals surface area contributed by atoms with E-state index in [9.17, 15) is 0 Å². The first-order valence-corrected chi connectivity index (χ1v) is 8.52. The van der Waals surface area contributed by atoms with E-state index in [2.05, 4.69) is 22.4 Å². The first-order valence-electron chi connectivity index (χ1n) is 6.23. The van der Waals surface area contributed by atoms with Gasteiger partial charge in [0.05, 0.1) is 6.10 Å². The largest absolute Gasteiger partial charge is 0.434 e. The van der Waals surface area contributed by atoms with Crippen LogP contribution in [0.5, 0.6) is 0 Å². The molecule has 0 spiro atoms. The molecule has 1 rings (SSSR count). The molecule has 5 heteroatoms. The van der Waals surface area contributed by atoms with Gasteiger partial charge in [-0.1, -0.05) is 41.6 Å². The minimum absolute atomic E-state index is 0.303. The maximum atomic E-state index is 5.87. The third kappa shape index (κ3) is 7.40. The van der Waals surface area contributed by atoms with Crippen molar-refractivity contribution >= 4 is 38.0 Å². The molecular formula is C11H22BIO2S. The Kier molecular flexibility index (Phi) is 9.48. The molecule has 0 aromatic heterocycles. The van der Waals surface area contributed by atoms with Gasteiger partial charge in [-0.3, -0.25) is 0 Å². The van der Waals surface area contributed by atoms with Crippen molar-refractivity contribution in [3.05, 3.63) is 0 Å². The highest BCUT2D eigenvalue weighted by Gasteiger charge is 2.13. The minimum Gasteiger partial charge on any atom is -0.420 e. The van der Waals surface area contributed by atoms with Gasteiger partial charge >= 0.3 is 4.05 Å². The number of unbranched alkanes of at least 4 members (excludes halogenated alkanes) is 1. The minimum atomic E-state index is 0.303. The highest BCUT2D eigenvalue weighted by atomic mass is 127. The first kappa shape index (κ1) is 15.1. The lowest BCUT2D eigenvalue weighted by Gasteiger charge is -2.21. The second-order valence-corrected chi connectivity index (χ2v) is 7.37. The molecule has 0 aromatic rings. The van der Waals surface area contributed by atoms with Gasteiger partial charge in [-0.25, -0.2) is 0 Å². The van der Waals surface area contributed by atoms with E-state index in [1.165, 1.54) is 50.7 Å². The average molecular weight is 356 g/mol. The first-order chi connectivity index (χ1) is 7.83. The molecule has 1 aliphatic carbocycles. The lowest BCUT2D eigenvalue weighted by Crippen LogP contribution is -2.17. The Morgan fingerprint density at radius 1 is 1.25 bits per heavy atom. The van der Waals surface area contributed by atoms with E-state index in [-0.39, 0.29) is 0 Å². The molecule has 0 N–H and O–H groups in total. The SMILES string of the molecule is COB(I)SCCCCOC1CCCCC1. The fraction of sp³-hybridized carbons (Fsp3) is 1.00. The van der Waals surface area contributed by atoms with Crippen LogP contribution in [0.4, 0.5) is 0 Å². The van der Waals surface area contributed by atoms with Gasteiger partial charge in [0, 0.05) is 13.7 Å². The van der Waals surface area contributed by atoms with Crippen molar-refractivity contribution in [3.63, 3.8) is 0 Å². The molecule has 0 atom stereocenters. The molecule has 0 amide bonds. The van der Waals surface area contributed by atoms with Gasteiger partial charge in [-0.05, 0) is 31.4 Å². The second-order valence-electron chi connectivity index (χ2n) is 4.22. The number of hydrogen-bond donors (Lipinski definition) is 0. The molecule has 0 bridgehead atoms. The topological polar surface area (TPSA) is 18.5 Å². The Balaban J connectivity index is 1.84. The molecule has 0 aromatic carbocycles. The molecule has 0 heterocycles. The van der Waals surface area contributed by atoms with Crippen molar-refractivity contribution in [2.75, 3.05) is 19.5 Å². The van der Waals surface area contributed by atoms with Crippen molar-refractivity contribution < 1.29 is 9.39 Å². The van der Waals surface area contributed by atoms with E-state index in [0.717, 1.165) is 6.61 Å². The number of halogens is 1. The van der Waals surface area contributed by atoms with Gasteiger partial charge in [0.1, 0.15) is 0 Å². The summed E-state index contributed by atoms with van der Waals surface area (Å²) in [6.07, 6.45) is 9.71. The molecule has 1 aliphatic rings. The molecule has 0 radical (unpaired) electrons. The van der Waals surface area contributed by atoms with Crippen LogP contribution in [0, 0.1) is 0 Å². The zero-order valence-corrected chi connectivity index (χ0v) is 13.1. The summed E-state index contributed by atoms with van der Waals surface area (Å²) in [5, 5.41) is 0. The summed E-state index contributed by atoms with van der Waals surface area (Å²) >= 11 is 4.18. The Hall–Kier alpha value is 1.06. The van der Waals surface area contributed by atoms with E-state index in [4.69, 9.17) is 9.39 Å². The van der Waals surface area contributed by atoms with E-state index >= 15 is 0 Å². The molecule has 16 heavy (non-hydrogen) atoms. The Morgan fingerprint density at radius 3 is 2.69 bits per heavy atom. The van der Waals surface area contributed by atoms with Crippen LogP contribution in [0.2, 0.25) is 0 Å². The summed E-state index contributed by atoms with van der Waals surface area (Å²) in [7, 11) is 1.76. The summed E-state index contributed by atoms with van der Waals surface area (Å²) in [6, 6.07) is 0. The Bertz CT molecular complexity index is 168. The fourth-order valence-corrected chi connectivity index (χ4v) is 3.38. The number of ether oxygens (including phenoxy) is 1. The molecule has 0 saturated heterocycles. The van der Waals surface area contributed by atoms with Crippen LogP contribution in [0.25, 0.3) is 0 Å². The lowest BCUT2D eigenvalue weighted by molar-refractivity contribution is 0.0270. The highest BCUT2D eigenvalue weighted by molar-refractivity contribution is 14.1. The number of rotatable bonds is 8. The van der Waals surface area contributed by atoms with Crippen molar-refractivity contribution in [1.29, 1.82) is 0 Å². The van der Waals surface area contributed by atoms with Crippen molar-refractivity contribution in [3.8, 4) is 0 Å². The van der Waals surface area contributed by atoms with Crippen molar-refractivity contribution in [2.45, 2.75) is 51.0 Å². The van der Waals surface area contributed by atoms with Gasteiger partial charge in [-0.2, -0.15) is 11.6 Å². The summed E-state index contributed by atoms with van der Waals surface area (Å²) < 4.78 is 11.3. The van der Waals surface area contributed by atoms with Crippen LogP contribution in [-0.4, -0.2) is 29.6 Å². The predicted molar refractivity (Wildman–Crippen MR) is 81.3 cm³/mol. The molecule has 0 unspecified atom stereocenters. The summed E-state index contributed by atoms with van der Waals surface area (Å²) in [4.78, 5) is 0. The second kappa shape index (κ2) is 10.0. The summed E-state index contributed by atoms with van der Waals surface area (Å²) in [6.45, 7) is 0.949. The van der Waals surface area contributed by atoms with Gasteiger partial charge in [-0.15, -0.1) is 0 Å². The zero-order valence-electron chi connectivity index (χ0n) is 10.1. The highest BCUT2D eigenvalue weighted by Crippen LogP contribution is 2.20. The average Bonchev–Trinajstić information content (AvgIpc) is 2.34. The van der Waals surface area contributed by atoms with E-state index in [0.29, 0.717) is 10.2 Å². The molecule has 0 aliphatic heterocycles. The van der Waals surface area contributed by atoms with Crippen LogP contribution in [-0.2, 0) is 9.39 Å². The smallest absolute Gasteiger partial charge is 0.420 e. The number of hydrogen-bond acceptors (Lipinski definition) is 3. The van der Waals surface area contributed by atoms with Crippen LogP contribution in [0.15, 0.2) is 0 Å². The van der Waals surface area contributed by atoms with Crippen LogP contribution in [0.1, 0.15) is 44.9 Å². The molecule has 1 saturated carbocycles. The third-order valence-corrected chi connectivity index (χ3v) is 5.44. The molecule has 1 fully saturated rings. The Labute approximate surface area is 117 Å². The standard InChI is InChI=1S/C11H22BIO2S/c1-14-12(13)16-10-6-5-9-15-11-7-3-2-4-8-11/h11H,2-10H2,1H3. The normalized spacial score (nSPS) is 17.6. The monoisotopic (exact) mass is 356 g/mol. The van der Waals surface area contributed by atoms with Crippen molar-refractivity contribution in [1.82, 2.24) is 0 Å². The van der Waals surface area contributed by atoms with Gasteiger partial charge in [0.2, 0.25) is 0 Å². The Morgan fingerprint density at radius 2 is 2.00 bits per heavy atom. The van der Waals surface area contributed by atoms with Crippen LogP contribution in [0.3, 0.4) is 0 Å². The molecule has 94 valence electrons. The van der Waals surface area contributed by atoms with Gasteiger partial charge in [0.25, 0.3) is 0 Å². The zero-order chi connectivity index (χ0) is 11.6. The summed E-state index contributed by atoms with van der Waals surface area (Å²) in [5.41, 5.74) is 0. The van der Waals surface area contributed by atoms with Crippen molar-refractivity contribution in [2.24, 2.45) is 0 Å².